The minimum Gasteiger partial charge on any atom is -0.442 e. The van der Waals surface area contributed by atoms with Crippen molar-refractivity contribution in [2.75, 3.05) is 13.3 Å². The number of nitrogens with zero attached hydrogens (tertiary/aromatic N) is 1. The minimum absolute atomic E-state index is 0.282. The van der Waals surface area contributed by atoms with Crippen LogP contribution >= 0.6 is 11.3 Å². The fourth-order valence-corrected chi connectivity index (χ4v) is 2.83. The Balaban J connectivity index is 1.51. The number of imide groups is 1. The van der Waals surface area contributed by atoms with Crippen LogP contribution in [0.1, 0.15) is 30.4 Å². The molecule has 1 aliphatic heterocycles. The zero-order chi connectivity index (χ0) is 17.1. The molecule has 2 heterocycles. The number of thiophene rings is 1. The van der Waals surface area contributed by atoms with Gasteiger partial charge in [0.2, 0.25) is 0 Å². The number of rotatable bonds is 5. The molecule has 1 aromatic carbocycles. The molecular weight excluding hydrogens is 332 g/mol. The molecule has 3 amide bonds. The summed E-state index contributed by atoms with van der Waals surface area (Å²) in [5.41, 5.74) is 0.564. The van der Waals surface area contributed by atoms with Crippen LogP contribution in [0.4, 0.5) is 0 Å². The van der Waals surface area contributed by atoms with Gasteiger partial charge in [0.25, 0.3) is 17.7 Å². The molecule has 0 saturated carbocycles. The van der Waals surface area contributed by atoms with E-state index in [2.05, 4.69) is 5.32 Å². The predicted octanol–water partition coefficient (Wildman–Crippen LogP) is 1.27. The molecule has 0 aliphatic carbocycles. The van der Waals surface area contributed by atoms with Gasteiger partial charge in [0.1, 0.15) is 6.54 Å². The van der Waals surface area contributed by atoms with E-state index in [0.29, 0.717) is 4.88 Å². The van der Waals surface area contributed by atoms with Gasteiger partial charge in [-0.2, -0.15) is 0 Å². The van der Waals surface area contributed by atoms with Crippen molar-refractivity contribution >= 4 is 35.0 Å². The van der Waals surface area contributed by atoms with Crippen molar-refractivity contribution < 1.29 is 23.9 Å². The average molecular weight is 344 g/mol. The van der Waals surface area contributed by atoms with Gasteiger partial charge in [0.05, 0.1) is 16.0 Å². The summed E-state index contributed by atoms with van der Waals surface area (Å²) in [5.74, 6) is -2.14. The Morgan fingerprint density at radius 3 is 2.29 bits per heavy atom. The van der Waals surface area contributed by atoms with E-state index >= 15 is 0 Å². The van der Waals surface area contributed by atoms with Gasteiger partial charge in [0, 0.05) is 0 Å². The summed E-state index contributed by atoms with van der Waals surface area (Å²) in [4.78, 5) is 48.9. The molecule has 122 valence electrons. The van der Waals surface area contributed by atoms with E-state index in [1.807, 2.05) is 0 Å². The van der Waals surface area contributed by atoms with E-state index in [-0.39, 0.29) is 23.6 Å². The third-order valence-corrected chi connectivity index (χ3v) is 4.24. The molecule has 2 aromatic rings. The van der Waals surface area contributed by atoms with Crippen LogP contribution in [0.25, 0.3) is 0 Å². The summed E-state index contributed by atoms with van der Waals surface area (Å²) in [5, 5.41) is 4.15. The molecule has 8 heteroatoms. The molecular formula is C16H12N2O5S. The number of amides is 3. The topological polar surface area (TPSA) is 92.8 Å². The molecule has 0 atom stereocenters. The van der Waals surface area contributed by atoms with Gasteiger partial charge < -0.3 is 10.1 Å². The molecule has 1 N–H and O–H groups in total. The van der Waals surface area contributed by atoms with Crippen LogP contribution < -0.4 is 5.32 Å². The summed E-state index contributed by atoms with van der Waals surface area (Å²) >= 11 is 1.25. The van der Waals surface area contributed by atoms with Crippen LogP contribution in [0.3, 0.4) is 0 Å². The van der Waals surface area contributed by atoms with Crippen molar-refractivity contribution in [2.45, 2.75) is 0 Å². The summed E-state index contributed by atoms with van der Waals surface area (Å²) < 4.78 is 4.90. The van der Waals surface area contributed by atoms with Gasteiger partial charge in [-0.1, -0.05) is 18.2 Å². The molecule has 24 heavy (non-hydrogen) atoms. The van der Waals surface area contributed by atoms with Crippen LogP contribution in [0.2, 0.25) is 0 Å². The van der Waals surface area contributed by atoms with E-state index < -0.39 is 24.5 Å². The number of esters is 1. The average Bonchev–Trinajstić information content (AvgIpc) is 3.20. The van der Waals surface area contributed by atoms with Crippen molar-refractivity contribution in [1.29, 1.82) is 0 Å². The number of ether oxygens (including phenoxy) is 1. The lowest BCUT2D eigenvalue weighted by Crippen LogP contribution is -2.36. The number of carbonyl (C=O) groups is 4. The van der Waals surface area contributed by atoms with Crippen molar-refractivity contribution in [3.8, 4) is 0 Å². The monoisotopic (exact) mass is 344 g/mol. The van der Waals surface area contributed by atoms with E-state index in [1.165, 1.54) is 11.3 Å². The quantitative estimate of drug-likeness (QED) is 0.651. The molecule has 0 bridgehead atoms. The lowest BCUT2D eigenvalue weighted by Gasteiger charge is -2.14. The smallest absolute Gasteiger partial charge is 0.327 e. The molecule has 0 fully saturated rings. The van der Waals surface area contributed by atoms with Gasteiger partial charge in [-0.05, 0) is 23.6 Å². The second kappa shape index (κ2) is 6.63. The second-order valence-electron chi connectivity index (χ2n) is 4.89. The molecule has 0 unspecified atom stereocenters. The Labute approximate surface area is 140 Å². The number of carbonyl (C=O) groups excluding carboxylic acids is 4. The zero-order valence-corrected chi connectivity index (χ0v) is 13.2. The third kappa shape index (κ3) is 3.04. The van der Waals surface area contributed by atoms with Crippen LogP contribution in [0.5, 0.6) is 0 Å². The zero-order valence-electron chi connectivity index (χ0n) is 12.4. The first-order valence-electron chi connectivity index (χ1n) is 7.00. The van der Waals surface area contributed by atoms with Crippen molar-refractivity contribution in [2.24, 2.45) is 0 Å². The molecule has 3 rings (SSSR count). The molecule has 1 aromatic heterocycles. The molecule has 0 spiro atoms. The highest BCUT2D eigenvalue weighted by Crippen LogP contribution is 2.22. The molecule has 0 saturated heterocycles. The fourth-order valence-electron chi connectivity index (χ4n) is 2.19. The van der Waals surface area contributed by atoms with Crippen LogP contribution in [0.15, 0.2) is 41.8 Å². The van der Waals surface area contributed by atoms with Crippen LogP contribution in [-0.2, 0) is 9.53 Å². The fraction of sp³-hybridized carbons (Fsp3) is 0.125. The maximum atomic E-state index is 12.1. The number of fused-ring (bicyclic) bond motifs is 1. The summed E-state index contributed by atoms with van der Waals surface area (Å²) in [6.07, 6.45) is 0. The van der Waals surface area contributed by atoms with Crippen molar-refractivity contribution in [3.63, 3.8) is 0 Å². The highest BCUT2D eigenvalue weighted by molar-refractivity contribution is 7.12. The Morgan fingerprint density at radius 1 is 1.04 bits per heavy atom. The van der Waals surface area contributed by atoms with Crippen LogP contribution in [0, 0.1) is 0 Å². The second-order valence-corrected chi connectivity index (χ2v) is 5.84. The first kappa shape index (κ1) is 15.9. The number of hydrogen-bond acceptors (Lipinski definition) is 6. The largest absolute Gasteiger partial charge is 0.442 e. The Hall–Kier alpha value is -3.00. The number of nitrogens with one attached hydrogen (secondary N) is 1. The maximum Gasteiger partial charge on any atom is 0.327 e. The summed E-state index contributed by atoms with van der Waals surface area (Å²) in [7, 11) is 0. The highest BCUT2D eigenvalue weighted by Gasteiger charge is 2.35. The van der Waals surface area contributed by atoms with E-state index in [1.54, 1.807) is 41.8 Å². The normalized spacial score (nSPS) is 12.9. The lowest BCUT2D eigenvalue weighted by atomic mass is 10.1. The van der Waals surface area contributed by atoms with E-state index in [9.17, 15) is 19.2 Å². The lowest BCUT2D eigenvalue weighted by molar-refractivity contribution is -0.145. The number of benzene rings is 1. The predicted molar refractivity (Wildman–Crippen MR) is 84.6 cm³/mol. The SMILES string of the molecule is O=C(CNC(=O)c1cccs1)OCN1C(=O)c2ccccc2C1=O. The van der Waals surface area contributed by atoms with E-state index in [0.717, 1.165) is 4.90 Å². The molecule has 0 radical (unpaired) electrons. The van der Waals surface area contributed by atoms with Gasteiger partial charge in [-0.15, -0.1) is 11.3 Å². The maximum absolute atomic E-state index is 12.1. The Bertz CT molecular complexity index is 781. The van der Waals surface area contributed by atoms with Gasteiger partial charge in [-0.25, -0.2) is 4.90 Å². The van der Waals surface area contributed by atoms with Crippen LogP contribution in [-0.4, -0.2) is 41.9 Å². The van der Waals surface area contributed by atoms with E-state index in [4.69, 9.17) is 4.74 Å². The standard InChI is InChI=1S/C16H12N2O5S/c19-13(8-17-14(20)12-6-3-7-24-12)23-9-18-15(21)10-4-1-2-5-11(10)16(18)22/h1-7H,8-9H2,(H,17,20). The number of hydrogen-bond donors (Lipinski definition) is 1. The van der Waals surface area contributed by atoms with Gasteiger partial charge in [-0.3, -0.25) is 19.2 Å². The molecule has 1 aliphatic rings. The minimum atomic E-state index is -0.739. The summed E-state index contributed by atoms with van der Waals surface area (Å²) in [6.45, 7) is -0.833. The molecule has 7 nitrogen and oxygen atoms in total. The first-order chi connectivity index (χ1) is 11.6. The first-order valence-corrected chi connectivity index (χ1v) is 7.88. The van der Waals surface area contributed by atoms with Crippen molar-refractivity contribution in [1.82, 2.24) is 10.2 Å². The third-order valence-electron chi connectivity index (χ3n) is 3.37. The Kier molecular flexibility index (Phi) is 4.39. The Morgan fingerprint density at radius 2 is 1.71 bits per heavy atom. The van der Waals surface area contributed by atoms with Crippen molar-refractivity contribution in [3.05, 3.63) is 57.8 Å². The van der Waals surface area contributed by atoms with Gasteiger partial charge in [0.15, 0.2) is 6.73 Å². The summed E-state index contributed by atoms with van der Waals surface area (Å²) in [6, 6.07) is 9.74. The highest BCUT2D eigenvalue weighted by atomic mass is 32.1. The van der Waals surface area contributed by atoms with Gasteiger partial charge >= 0.3 is 5.97 Å².